The molecule has 0 aromatic heterocycles. The fraction of sp³-hybridized carbons (Fsp3) is 1.00. The van der Waals surface area contributed by atoms with Crippen molar-refractivity contribution in [2.75, 3.05) is 20.1 Å². The molecule has 0 aromatic carbocycles. The smallest absolute Gasteiger partial charge is 0.00301 e. The Kier molecular flexibility index (Phi) is 3.79. The van der Waals surface area contributed by atoms with Crippen molar-refractivity contribution in [1.82, 2.24) is 4.90 Å². The zero-order chi connectivity index (χ0) is 12.6. The van der Waals surface area contributed by atoms with Gasteiger partial charge in [0.2, 0.25) is 0 Å². The van der Waals surface area contributed by atoms with Crippen LogP contribution in [0.25, 0.3) is 0 Å². The van der Waals surface area contributed by atoms with Crippen molar-refractivity contribution in [3.05, 3.63) is 0 Å². The summed E-state index contributed by atoms with van der Waals surface area (Å²) in [5, 5.41) is 0. The summed E-state index contributed by atoms with van der Waals surface area (Å²) in [6, 6.07) is 0. The standard InChI is InChI=1S/C15H31N/c1-13(2)8-9-14(3,4)11-16(7)12-15(5,6)10-13/h8-12H2,1-7H3. The normalized spacial score (nSPS) is 30.2. The molecule has 0 saturated carbocycles. The van der Waals surface area contributed by atoms with E-state index in [9.17, 15) is 0 Å². The molecular formula is C15H31N. The molecular weight excluding hydrogens is 194 g/mol. The minimum Gasteiger partial charge on any atom is -0.305 e. The van der Waals surface area contributed by atoms with Crippen molar-refractivity contribution >= 4 is 0 Å². The van der Waals surface area contributed by atoms with Crippen LogP contribution >= 0.6 is 0 Å². The lowest BCUT2D eigenvalue weighted by molar-refractivity contribution is 0.138. The first-order chi connectivity index (χ1) is 7.02. The molecule has 1 fully saturated rings. The van der Waals surface area contributed by atoms with Crippen molar-refractivity contribution < 1.29 is 0 Å². The maximum atomic E-state index is 2.53. The Morgan fingerprint density at radius 3 is 1.69 bits per heavy atom. The SMILES string of the molecule is CN1CC(C)(C)CCC(C)(C)CC(C)(C)C1. The first-order valence-corrected chi connectivity index (χ1v) is 6.70. The second kappa shape index (κ2) is 4.33. The van der Waals surface area contributed by atoms with Crippen LogP contribution in [0.3, 0.4) is 0 Å². The van der Waals surface area contributed by atoms with Crippen LogP contribution in [0.15, 0.2) is 0 Å². The van der Waals surface area contributed by atoms with Crippen LogP contribution in [-0.4, -0.2) is 25.0 Å². The number of nitrogens with zero attached hydrogens (tertiary/aromatic N) is 1. The quantitative estimate of drug-likeness (QED) is 0.598. The van der Waals surface area contributed by atoms with E-state index in [-0.39, 0.29) is 0 Å². The van der Waals surface area contributed by atoms with Crippen LogP contribution < -0.4 is 0 Å². The largest absolute Gasteiger partial charge is 0.305 e. The van der Waals surface area contributed by atoms with Gasteiger partial charge in [0.25, 0.3) is 0 Å². The Balaban J connectivity index is 2.85. The molecule has 0 atom stereocenters. The van der Waals surface area contributed by atoms with E-state index in [2.05, 4.69) is 53.5 Å². The van der Waals surface area contributed by atoms with E-state index < -0.39 is 0 Å². The second-order valence-electron chi connectivity index (χ2n) is 8.34. The van der Waals surface area contributed by atoms with E-state index >= 15 is 0 Å². The van der Waals surface area contributed by atoms with Crippen LogP contribution in [0, 0.1) is 16.2 Å². The van der Waals surface area contributed by atoms with Crippen molar-refractivity contribution in [2.45, 2.75) is 60.8 Å². The maximum absolute atomic E-state index is 2.53. The minimum absolute atomic E-state index is 0.443. The van der Waals surface area contributed by atoms with Gasteiger partial charge in [-0.05, 0) is 42.6 Å². The van der Waals surface area contributed by atoms with Crippen molar-refractivity contribution in [3.8, 4) is 0 Å². The predicted octanol–water partition coefficient (Wildman–Crippen LogP) is 4.18. The van der Waals surface area contributed by atoms with Crippen LogP contribution in [0.2, 0.25) is 0 Å². The van der Waals surface area contributed by atoms with Gasteiger partial charge in [0.1, 0.15) is 0 Å². The molecule has 0 bridgehead atoms. The van der Waals surface area contributed by atoms with Crippen LogP contribution in [-0.2, 0) is 0 Å². The lowest BCUT2D eigenvalue weighted by Gasteiger charge is -2.36. The molecule has 1 aliphatic rings. The average molecular weight is 225 g/mol. The van der Waals surface area contributed by atoms with E-state index in [4.69, 9.17) is 0 Å². The molecule has 0 aliphatic carbocycles. The summed E-state index contributed by atoms with van der Waals surface area (Å²) in [7, 11) is 2.28. The van der Waals surface area contributed by atoms with Gasteiger partial charge in [-0.3, -0.25) is 0 Å². The van der Waals surface area contributed by atoms with Gasteiger partial charge >= 0.3 is 0 Å². The molecule has 1 rings (SSSR count). The van der Waals surface area contributed by atoms with Crippen LogP contribution in [0.1, 0.15) is 60.8 Å². The van der Waals surface area contributed by atoms with Gasteiger partial charge in [-0.2, -0.15) is 0 Å². The van der Waals surface area contributed by atoms with E-state index in [1.54, 1.807) is 0 Å². The van der Waals surface area contributed by atoms with Crippen LogP contribution in [0.4, 0.5) is 0 Å². The number of rotatable bonds is 0. The highest BCUT2D eigenvalue weighted by Crippen LogP contribution is 2.42. The summed E-state index contributed by atoms with van der Waals surface area (Å²) in [6.07, 6.45) is 4.04. The van der Waals surface area contributed by atoms with Gasteiger partial charge in [0, 0.05) is 13.1 Å². The first-order valence-electron chi connectivity index (χ1n) is 6.70. The molecule has 1 saturated heterocycles. The highest BCUT2D eigenvalue weighted by Gasteiger charge is 2.34. The molecule has 0 aromatic rings. The van der Waals surface area contributed by atoms with Gasteiger partial charge < -0.3 is 4.90 Å². The Hall–Kier alpha value is -0.0400. The summed E-state index contributed by atoms with van der Waals surface area (Å²) >= 11 is 0. The first kappa shape index (κ1) is 14.0. The molecule has 1 aliphatic heterocycles. The van der Waals surface area contributed by atoms with Gasteiger partial charge in [0.05, 0.1) is 0 Å². The molecule has 0 N–H and O–H groups in total. The third kappa shape index (κ3) is 4.45. The molecule has 0 radical (unpaired) electrons. The summed E-state index contributed by atoms with van der Waals surface area (Å²) in [4.78, 5) is 2.53. The Bertz CT molecular complexity index is 238. The van der Waals surface area contributed by atoms with Gasteiger partial charge in [0.15, 0.2) is 0 Å². The molecule has 1 heteroatoms. The number of hydrogen-bond acceptors (Lipinski definition) is 1. The molecule has 0 amide bonds. The van der Waals surface area contributed by atoms with Crippen molar-refractivity contribution in [2.24, 2.45) is 16.2 Å². The third-order valence-electron chi connectivity index (χ3n) is 3.83. The van der Waals surface area contributed by atoms with Gasteiger partial charge in [-0.15, -0.1) is 0 Å². The van der Waals surface area contributed by atoms with E-state index in [0.29, 0.717) is 16.2 Å². The monoisotopic (exact) mass is 225 g/mol. The lowest BCUT2D eigenvalue weighted by Crippen LogP contribution is -2.37. The Labute approximate surface area is 103 Å². The van der Waals surface area contributed by atoms with E-state index in [1.807, 2.05) is 0 Å². The maximum Gasteiger partial charge on any atom is 0.00301 e. The Morgan fingerprint density at radius 2 is 1.12 bits per heavy atom. The molecule has 96 valence electrons. The zero-order valence-electron chi connectivity index (χ0n) is 12.5. The predicted molar refractivity (Wildman–Crippen MR) is 72.7 cm³/mol. The fourth-order valence-electron chi connectivity index (χ4n) is 3.71. The lowest BCUT2D eigenvalue weighted by atomic mass is 9.71. The highest BCUT2D eigenvalue weighted by molar-refractivity contribution is 4.87. The molecule has 1 heterocycles. The summed E-state index contributed by atoms with van der Waals surface area (Å²) in [5.74, 6) is 0. The summed E-state index contributed by atoms with van der Waals surface area (Å²) < 4.78 is 0. The average Bonchev–Trinajstić information content (AvgIpc) is 1.97. The van der Waals surface area contributed by atoms with Gasteiger partial charge in [-0.1, -0.05) is 41.5 Å². The molecule has 0 spiro atoms. The minimum atomic E-state index is 0.443. The summed E-state index contributed by atoms with van der Waals surface area (Å²) in [6.45, 7) is 17.0. The van der Waals surface area contributed by atoms with Gasteiger partial charge in [-0.25, -0.2) is 0 Å². The summed E-state index contributed by atoms with van der Waals surface area (Å²) in [5.41, 5.74) is 1.40. The highest BCUT2D eigenvalue weighted by atomic mass is 15.1. The third-order valence-corrected chi connectivity index (χ3v) is 3.83. The zero-order valence-corrected chi connectivity index (χ0v) is 12.5. The molecule has 16 heavy (non-hydrogen) atoms. The van der Waals surface area contributed by atoms with Crippen LogP contribution in [0.5, 0.6) is 0 Å². The van der Waals surface area contributed by atoms with E-state index in [0.717, 1.165) is 0 Å². The molecule has 0 unspecified atom stereocenters. The molecule has 1 nitrogen and oxygen atoms in total. The second-order valence-corrected chi connectivity index (χ2v) is 8.34. The topological polar surface area (TPSA) is 3.24 Å². The van der Waals surface area contributed by atoms with Crippen molar-refractivity contribution in [3.63, 3.8) is 0 Å². The fourth-order valence-corrected chi connectivity index (χ4v) is 3.71. The van der Waals surface area contributed by atoms with E-state index in [1.165, 1.54) is 32.4 Å². The number of hydrogen-bond donors (Lipinski definition) is 0. The van der Waals surface area contributed by atoms with Crippen molar-refractivity contribution in [1.29, 1.82) is 0 Å². The Morgan fingerprint density at radius 1 is 0.688 bits per heavy atom.